The maximum atomic E-state index is 6.34. The molecule has 4 heterocycles. The zero-order valence-electron chi connectivity index (χ0n) is 23.9. The summed E-state index contributed by atoms with van der Waals surface area (Å²) in [6, 6.07) is 23.9. The first kappa shape index (κ1) is 25.9. The van der Waals surface area contributed by atoms with Gasteiger partial charge in [0.1, 0.15) is 17.9 Å². The molecule has 2 unspecified atom stereocenters. The Morgan fingerprint density at radius 2 is 1.85 bits per heavy atom. The third-order valence-electron chi connectivity index (χ3n) is 8.97. The Morgan fingerprint density at radius 1 is 1.00 bits per heavy atom. The van der Waals surface area contributed by atoms with Crippen molar-refractivity contribution in [2.24, 2.45) is 11.8 Å². The number of ether oxygens (including phenoxy) is 1. The van der Waals surface area contributed by atoms with Gasteiger partial charge in [0.15, 0.2) is 0 Å². The number of fused-ring (bicyclic) bond motifs is 3. The van der Waals surface area contributed by atoms with Crippen LogP contribution in [0.1, 0.15) is 47.2 Å². The molecule has 0 fully saturated rings. The van der Waals surface area contributed by atoms with Crippen LogP contribution in [0.25, 0.3) is 22.2 Å². The summed E-state index contributed by atoms with van der Waals surface area (Å²) < 4.78 is 6.34. The molecule has 7 rings (SSSR count). The number of nitrogens with one attached hydrogen (secondary N) is 1. The van der Waals surface area contributed by atoms with E-state index in [9.17, 15) is 0 Å². The highest BCUT2D eigenvalue weighted by Gasteiger charge is 2.27. The largest absolute Gasteiger partial charge is 0.493 e. The minimum absolute atomic E-state index is 0.512. The number of hydrogen-bond donors (Lipinski definition) is 1. The number of aromatic amines is 1. The molecule has 0 spiro atoms. The topological polar surface area (TPSA) is 66.9 Å². The van der Waals surface area contributed by atoms with Crippen molar-refractivity contribution >= 4 is 11.0 Å². The molecule has 5 aromatic rings. The second-order valence-electron chi connectivity index (χ2n) is 11.9. The highest BCUT2D eigenvalue weighted by atomic mass is 16.5. The van der Waals surface area contributed by atoms with Crippen LogP contribution in [0.5, 0.6) is 5.75 Å². The van der Waals surface area contributed by atoms with Gasteiger partial charge in [0, 0.05) is 25.3 Å². The number of aryl methyl sites for hydroxylation is 1. The molecule has 2 aliphatic rings. The summed E-state index contributed by atoms with van der Waals surface area (Å²) in [6.45, 7) is 8.04. The van der Waals surface area contributed by atoms with Gasteiger partial charge in [-0.3, -0.25) is 4.90 Å². The van der Waals surface area contributed by atoms with Crippen molar-refractivity contribution in [3.05, 3.63) is 107 Å². The molecular weight excluding hydrogens is 506 g/mol. The van der Waals surface area contributed by atoms with E-state index in [1.54, 1.807) is 6.33 Å². The van der Waals surface area contributed by atoms with E-state index in [-0.39, 0.29) is 0 Å². The average Bonchev–Trinajstić information content (AvgIpc) is 3.36. The molecule has 0 bridgehead atoms. The Bertz CT molecular complexity index is 1680. The average molecular weight is 544 g/mol. The molecule has 6 nitrogen and oxygen atoms in total. The monoisotopic (exact) mass is 543 g/mol. The minimum atomic E-state index is 0.512. The Kier molecular flexibility index (Phi) is 7.01. The van der Waals surface area contributed by atoms with Crippen LogP contribution in [-0.4, -0.2) is 38.0 Å². The third kappa shape index (κ3) is 5.49. The lowest BCUT2D eigenvalue weighted by molar-refractivity contribution is 0.218. The molecule has 0 saturated carbocycles. The lowest BCUT2D eigenvalue weighted by atomic mass is 9.81. The summed E-state index contributed by atoms with van der Waals surface area (Å²) >= 11 is 0. The standard InChI is InChI=1S/C35H37N5O/c1-23-16-29-17-27(28-8-10-31-33(19-28)39-24(2)38-31)9-11-35(29)41-15-13-26(23)18-32-30-12-14-40(21-34(30)37-22-36-32)20-25-6-4-3-5-7-25/h3-11,17,19,22-23,26H,12-16,18,20-21H2,1-2H3,(H,38,39). The first-order chi connectivity index (χ1) is 20.1. The van der Waals surface area contributed by atoms with Crippen LogP contribution in [0.2, 0.25) is 0 Å². The Balaban J connectivity index is 1.08. The number of benzene rings is 3. The van der Waals surface area contributed by atoms with Gasteiger partial charge in [-0.05, 0) is 96.5 Å². The number of rotatable bonds is 5. The summed E-state index contributed by atoms with van der Waals surface area (Å²) in [4.78, 5) is 20.0. The fraction of sp³-hybridized carbons (Fsp3) is 0.343. The van der Waals surface area contributed by atoms with Gasteiger partial charge in [-0.25, -0.2) is 15.0 Å². The van der Waals surface area contributed by atoms with Gasteiger partial charge < -0.3 is 9.72 Å². The van der Waals surface area contributed by atoms with Crippen molar-refractivity contribution in [1.29, 1.82) is 0 Å². The highest BCUT2D eigenvalue weighted by molar-refractivity contribution is 5.82. The first-order valence-electron chi connectivity index (χ1n) is 14.9. The molecule has 2 aromatic heterocycles. The zero-order chi connectivity index (χ0) is 27.8. The molecule has 6 heteroatoms. The Morgan fingerprint density at radius 3 is 2.76 bits per heavy atom. The predicted molar refractivity (Wildman–Crippen MR) is 163 cm³/mol. The molecule has 208 valence electrons. The van der Waals surface area contributed by atoms with Crippen molar-refractivity contribution in [1.82, 2.24) is 24.8 Å². The van der Waals surface area contributed by atoms with Crippen molar-refractivity contribution in [2.75, 3.05) is 13.2 Å². The summed E-state index contributed by atoms with van der Waals surface area (Å²) in [7, 11) is 0. The van der Waals surface area contributed by atoms with E-state index >= 15 is 0 Å². The van der Waals surface area contributed by atoms with Crippen LogP contribution in [0, 0.1) is 18.8 Å². The lowest BCUT2D eigenvalue weighted by Crippen LogP contribution is -2.32. The second-order valence-corrected chi connectivity index (χ2v) is 11.9. The molecule has 3 aromatic carbocycles. The van der Waals surface area contributed by atoms with E-state index in [1.165, 1.54) is 39.2 Å². The summed E-state index contributed by atoms with van der Waals surface area (Å²) in [5.74, 6) is 3.00. The zero-order valence-corrected chi connectivity index (χ0v) is 23.9. The fourth-order valence-corrected chi connectivity index (χ4v) is 6.67. The van der Waals surface area contributed by atoms with Gasteiger partial charge in [-0.15, -0.1) is 0 Å². The number of imidazole rings is 1. The third-order valence-corrected chi connectivity index (χ3v) is 8.97. The van der Waals surface area contributed by atoms with E-state index < -0.39 is 0 Å². The normalized spacial score (nSPS) is 19.2. The Labute approximate surface area is 241 Å². The minimum Gasteiger partial charge on any atom is -0.493 e. The molecule has 0 amide bonds. The molecule has 41 heavy (non-hydrogen) atoms. The fourth-order valence-electron chi connectivity index (χ4n) is 6.67. The molecule has 0 saturated heterocycles. The number of nitrogens with zero attached hydrogens (tertiary/aromatic N) is 4. The van der Waals surface area contributed by atoms with Crippen LogP contribution in [0.15, 0.2) is 73.1 Å². The van der Waals surface area contributed by atoms with Gasteiger partial charge in [0.2, 0.25) is 0 Å². The molecule has 1 N–H and O–H groups in total. The maximum absolute atomic E-state index is 6.34. The highest BCUT2D eigenvalue weighted by Crippen LogP contribution is 2.35. The smallest absolute Gasteiger partial charge is 0.122 e. The Hall–Kier alpha value is -4.03. The van der Waals surface area contributed by atoms with Crippen molar-refractivity contribution in [3.8, 4) is 16.9 Å². The molecule has 0 radical (unpaired) electrons. The molecule has 2 atom stereocenters. The molecule has 2 aliphatic heterocycles. The van der Waals surface area contributed by atoms with E-state index in [1.807, 2.05) is 6.92 Å². The van der Waals surface area contributed by atoms with Crippen molar-refractivity contribution in [3.63, 3.8) is 0 Å². The van der Waals surface area contributed by atoms with Gasteiger partial charge in [-0.1, -0.05) is 49.4 Å². The van der Waals surface area contributed by atoms with Gasteiger partial charge in [-0.2, -0.15) is 0 Å². The van der Waals surface area contributed by atoms with E-state index in [0.29, 0.717) is 11.8 Å². The van der Waals surface area contributed by atoms with Crippen LogP contribution in [0.3, 0.4) is 0 Å². The quantitative estimate of drug-likeness (QED) is 0.267. The number of hydrogen-bond acceptors (Lipinski definition) is 5. The summed E-state index contributed by atoms with van der Waals surface area (Å²) in [6.07, 6.45) is 5.82. The molecule has 0 aliphatic carbocycles. The lowest BCUT2D eigenvalue weighted by Gasteiger charge is -2.31. The SMILES string of the molecule is Cc1nc2ccc(-c3ccc4c(c3)CC(C)C(Cc3ncnc5c3CCN(Cc3ccccc3)C5)CCO4)cc2[nH]1. The van der Waals surface area contributed by atoms with Crippen molar-refractivity contribution in [2.45, 2.75) is 52.6 Å². The second kappa shape index (κ2) is 11.1. The van der Waals surface area contributed by atoms with Gasteiger partial charge in [0.25, 0.3) is 0 Å². The maximum Gasteiger partial charge on any atom is 0.122 e. The number of H-pyrrole nitrogens is 1. The molecular formula is C35H37N5O. The first-order valence-corrected chi connectivity index (χ1v) is 14.9. The van der Waals surface area contributed by atoms with E-state index in [4.69, 9.17) is 14.7 Å². The predicted octanol–water partition coefficient (Wildman–Crippen LogP) is 6.71. The van der Waals surface area contributed by atoms with Crippen LogP contribution in [0.4, 0.5) is 0 Å². The van der Waals surface area contributed by atoms with E-state index in [0.717, 1.165) is 74.5 Å². The summed E-state index contributed by atoms with van der Waals surface area (Å²) in [5.41, 5.74) is 11.0. The van der Waals surface area contributed by atoms with Crippen LogP contribution < -0.4 is 4.74 Å². The van der Waals surface area contributed by atoms with E-state index in [2.05, 4.69) is 88.5 Å². The van der Waals surface area contributed by atoms with Crippen LogP contribution in [-0.2, 0) is 32.4 Å². The van der Waals surface area contributed by atoms with Crippen molar-refractivity contribution < 1.29 is 4.74 Å². The van der Waals surface area contributed by atoms with Crippen LogP contribution >= 0.6 is 0 Å². The summed E-state index contributed by atoms with van der Waals surface area (Å²) in [5, 5.41) is 0. The number of aromatic nitrogens is 4. The van der Waals surface area contributed by atoms with Gasteiger partial charge >= 0.3 is 0 Å². The van der Waals surface area contributed by atoms with Gasteiger partial charge in [0.05, 0.1) is 23.3 Å².